The molecule has 2 aromatic rings. The van der Waals surface area contributed by atoms with Crippen LogP contribution in [0, 0.1) is 0 Å². The molecule has 0 bridgehead atoms. The molecule has 21 heavy (non-hydrogen) atoms. The van der Waals surface area contributed by atoms with E-state index in [2.05, 4.69) is 25.0 Å². The van der Waals surface area contributed by atoms with E-state index in [9.17, 15) is 13.2 Å². The fraction of sp³-hybridized carbons (Fsp3) is 0.364. The third-order valence-corrected chi connectivity index (χ3v) is 3.90. The number of hydrogen-bond acceptors (Lipinski definition) is 6. The first-order chi connectivity index (χ1) is 9.92. The van der Waals surface area contributed by atoms with Gasteiger partial charge in [-0.3, -0.25) is 9.52 Å². The summed E-state index contributed by atoms with van der Waals surface area (Å²) in [5, 5.41) is 4.67. The summed E-state index contributed by atoms with van der Waals surface area (Å²) < 4.78 is 24.4. The van der Waals surface area contributed by atoms with Crippen LogP contribution in [0.1, 0.15) is 11.5 Å². The number of carbonyl (C=O) groups is 1. The number of amides is 1. The van der Waals surface area contributed by atoms with Crippen LogP contribution in [0.25, 0.3) is 0 Å². The summed E-state index contributed by atoms with van der Waals surface area (Å²) in [6, 6.07) is 0. The van der Waals surface area contributed by atoms with Gasteiger partial charge in [-0.1, -0.05) is 0 Å². The normalized spacial score (nSPS) is 11.3. The standard InChI is InChI=1S/C11H15N5O3S2/c1-21(18,19)16-11-15-8(7-20-11)6-10(17)14-3-2-9-12-4-5-13-9/h4-5,7H,2-3,6H2,1H3,(H,12,13)(H,14,17)(H,15,16). The van der Waals surface area contributed by atoms with Crippen LogP contribution in [0.2, 0.25) is 0 Å². The van der Waals surface area contributed by atoms with Crippen LogP contribution in [-0.4, -0.2) is 42.1 Å². The van der Waals surface area contributed by atoms with Crippen LogP contribution in [0.15, 0.2) is 17.8 Å². The molecule has 0 aromatic carbocycles. The highest BCUT2D eigenvalue weighted by atomic mass is 32.2. The topological polar surface area (TPSA) is 117 Å². The Balaban J connectivity index is 1.77. The molecule has 0 fully saturated rings. The molecular formula is C11H15N5O3S2. The molecule has 2 rings (SSSR count). The third kappa shape index (κ3) is 5.52. The molecular weight excluding hydrogens is 314 g/mol. The summed E-state index contributed by atoms with van der Waals surface area (Å²) in [4.78, 5) is 22.8. The predicted octanol–water partition coefficient (Wildman–Crippen LogP) is 0.139. The van der Waals surface area contributed by atoms with Gasteiger partial charge < -0.3 is 10.3 Å². The average molecular weight is 329 g/mol. The lowest BCUT2D eigenvalue weighted by atomic mass is 10.3. The molecule has 0 aliphatic carbocycles. The van der Waals surface area contributed by atoms with Crippen LogP contribution in [0.4, 0.5) is 5.13 Å². The molecule has 1 amide bonds. The van der Waals surface area contributed by atoms with Crippen LogP contribution in [-0.2, 0) is 27.7 Å². The maximum atomic E-state index is 11.7. The summed E-state index contributed by atoms with van der Waals surface area (Å²) in [6.45, 7) is 0.477. The predicted molar refractivity (Wildman–Crippen MR) is 79.6 cm³/mol. The second-order valence-corrected chi connectivity index (χ2v) is 6.94. The maximum absolute atomic E-state index is 11.7. The van der Waals surface area contributed by atoms with Gasteiger partial charge in [-0.25, -0.2) is 18.4 Å². The average Bonchev–Trinajstić information content (AvgIpc) is 2.99. The molecule has 2 aromatic heterocycles. The lowest BCUT2D eigenvalue weighted by Crippen LogP contribution is -2.27. The maximum Gasteiger partial charge on any atom is 0.231 e. The number of rotatable bonds is 7. The molecule has 0 saturated heterocycles. The number of aromatic nitrogens is 3. The molecule has 0 spiro atoms. The van der Waals surface area contributed by atoms with Crippen molar-refractivity contribution in [1.29, 1.82) is 0 Å². The lowest BCUT2D eigenvalue weighted by molar-refractivity contribution is -0.120. The summed E-state index contributed by atoms with van der Waals surface area (Å²) >= 11 is 1.14. The second-order valence-electron chi connectivity index (χ2n) is 4.33. The number of carbonyl (C=O) groups excluding carboxylic acids is 1. The van der Waals surface area contributed by atoms with Gasteiger partial charge in [-0.2, -0.15) is 0 Å². The highest BCUT2D eigenvalue weighted by molar-refractivity contribution is 7.92. The first kappa shape index (κ1) is 15.4. The van der Waals surface area contributed by atoms with Crippen molar-refractivity contribution in [2.24, 2.45) is 0 Å². The molecule has 10 heteroatoms. The van der Waals surface area contributed by atoms with Gasteiger partial charge in [0.2, 0.25) is 15.9 Å². The third-order valence-electron chi connectivity index (χ3n) is 2.40. The summed E-state index contributed by atoms with van der Waals surface area (Å²) in [7, 11) is -3.34. The fourth-order valence-electron chi connectivity index (χ4n) is 1.58. The molecule has 0 saturated carbocycles. The summed E-state index contributed by atoms with van der Waals surface area (Å²) in [5.41, 5.74) is 0.529. The van der Waals surface area contributed by atoms with Gasteiger partial charge in [0.1, 0.15) is 5.82 Å². The number of sulfonamides is 1. The molecule has 0 radical (unpaired) electrons. The number of nitrogens with one attached hydrogen (secondary N) is 3. The number of imidazole rings is 1. The van der Waals surface area contributed by atoms with E-state index >= 15 is 0 Å². The minimum absolute atomic E-state index is 0.111. The number of anilines is 1. The Labute approximate surface area is 126 Å². The highest BCUT2D eigenvalue weighted by Crippen LogP contribution is 2.16. The van der Waals surface area contributed by atoms with Gasteiger partial charge in [-0.05, 0) is 0 Å². The van der Waals surface area contributed by atoms with Crippen molar-refractivity contribution >= 4 is 32.4 Å². The lowest BCUT2D eigenvalue weighted by Gasteiger charge is -2.02. The van der Waals surface area contributed by atoms with E-state index in [-0.39, 0.29) is 17.5 Å². The van der Waals surface area contributed by atoms with Crippen molar-refractivity contribution in [3.63, 3.8) is 0 Å². The summed E-state index contributed by atoms with van der Waals surface area (Å²) in [6.07, 6.45) is 5.16. The quantitative estimate of drug-likeness (QED) is 0.668. The Morgan fingerprint density at radius 3 is 2.95 bits per heavy atom. The van der Waals surface area contributed by atoms with E-state index in [1.807, 2.05) is 0 Å². The van der Waals surface area contributed by atoms with Crippen LogP contribution < -0.4 is 10.0 Å². The Morgan fingerprint density at radius 2 is 2.29 bits per heavy atom. The zero-order valence-electron chi connectivity index (χ0n) is 11.3. The number of nitrogens with zero attached hydrogens (tertiary/aromatic N) is 2. The number of hydrogen-bond donors (Lipinski definition) is 3. The summed E-state index contributed by atoms with van der Waals surface area (Å²) in [5.74, 6) is 0.640. The van der Waals surface area contributed by atoms with E-state index < -0.39 is 10.0 Å². The minimum Gasteiger partial charge on any atom is -0.355 e. The molecule has 114 valence electrons. The van der Waals surface area contributed by atoms with Crippen molar-refractivity contribution in [2.75, 3.05) is 17.5 Å². The van der Waals surface area contributed by atoms with Crippen molar-refractivity contribution in [3.8, 4) is 0 Å². The molecule has 0 atom stereocenters. The Kier molecular flexibility index (Phi) is 4.91. The van der Waals surface area contributed by atoms with E-state index in [1.165, 1.54) is 0 Å². The number of aromatic amines is 1. The van der Waals surface area contributed by atoms with Gasteiger partial charge in [-0.15, -0.1) is 11.3 Å². The van der Waals surface area contributed by atoms with Crippen molar-refractivity contribution in [1.82, 2.24) is 20.3 Å². The minimum atomic E-state index is -3.34. The highest BCUT2D eigenvalue weighted by Gasteiger charge is 2.10. The monoisotopic (exact) mass is 329 g/mol. The Hall–Kier alpha value is -1.94. The molecule has 8 nitrogen and oxygen atoms in total. The van der Waals surface area contributed by atoms with Gasteiger partial charge >= 0.3 is 0 Å². The van der Waals surface area contributed by atoms with Crippen LogP contribution >= 0.6 is 11.3 Å². The first-order valence-electron chi connectivity index (χ1n) is 6.09. The van der Waals surface area contributed by atoms with E-state index in [0.717, 1.165) is 23.4 Å². The molecule has 3 N–H and O–H groups in total. The van der Waals surface area contributed by atoms with Crippen molar-refractivity contribution < 1.29 is 13.2 Å². The van der Waals surface area contributed by atoms with Gasteiger partial charge in [0.25, 0.3) is 0 Å². The van der Waals surface area contributed by atoms with Crippen LogP contribution in [0.5, 0.6) is 0 Å². The number of H-pyrrole nitrogens is 1. The fourth-order valence-corrected chi connectivity index (χ4v) is 3.14. The zero-order valence-corrected chi connectivity index (χ0v) is 12.9. The molecule has 0 unspecified atom stereocenters. The molecule has 0 aliphatic rings. The number of thiazole rings is 1. The smallest absolute Gasteiger partial charge is 0.231 e. The van der Waals surface area contributed by atoms with Crippen molar-refractivity contribution in [3.05, 3.63) is 29.3 Å². The molecule has 2 heterocycles. The zero-order chi connectivity index (χ0) is 15.3. The van der Waals surface area contributed by atoms with Crippen LogP contribution in [0.3, 0.4) is 0 Å². The Morgan fingerprint density at radius 1 is 1.48 bits per heavy atom. The van der Waals surface area contributed by atoms with E-state index in [1.54, 1.807) is 17.8 Å². The van der Waals surface area contributed by atoms with Gasteiger partial charge in [0, 0.05) is 30.7 Å². The van der Waals surface area contributed by atoms with Crippen molar-refractivity contribution in [2.45, 2.75) is 12.8 Å². The van der Waals surface area contributed by atoms with Gasteiger partial charge in [0.05, 0.1) is 18.4 Å². The first-order valence-corrected chi connectivity index (χ1v) is 8.86. The Bertz CT molecular complexity index is 693. The SMILES string of the molecule is CS(=O)(=O)Nc1nc(CC(=O)NCCc2ncc[nH]2)cs1. The largest absolute Gasteiger partial charge is 0.355 e. The van der Waals surface area contributed by atoms with E-state index in [4.69, 9.17) is 0 Å². The van der Waals surface area contributed by atoms with E-state index in [0.29, 0.717) is 18.7 Å². The van der Waals surface area contributed by atoms with Gasteiger partial charge in [0.15, 0.2) is 5.13 Å². The molecule has 0 aliphatic heterocycles. The second kappa shape index (κ2) is 6.68.